The molecule has 2 aromatic heterocycles. The Hall–Kier alpha value is -4.97. The van der Waals surface area contributed by atoms with E-state index in [9.17, 15) is 0 Å². The Morgan fingerprint density at radius 2 is 1.70 bits per heavy atom. The maximum absolute atomic E-state index is 5.78. The second-order valence-corrected chi connectivity index (χ2v) is 8.92. The van der Waals surface area contributed by atoms with Gasteiger partial charge in [-0.25, -0.2) is 0 Å². The van der Waals surface area contributed by atoms with Crippen LogP contribution in [0.1, 0.15) is 18.2 Å². The molecule has 180 valence electrons. The summed E-state index contributed by atoms with van der Waals surface area (Å²) < 4.78 is 8.06. The first kappa shape index (κ1) is 22.5. The van der Waals surface area contributed by atoms with Crippen LogP contribution in [0.25, 0.3) is 49.9 Å². The molecule has 0 aliphatic heterocycles. The van der Waals surface area contributed by atoms with Crippen molar-refractivity contribution in [3.63, 3.8) is 0 Å². The molecule has 0 aliphatic carbocycles. The zero-order valence-electron chi connectivity index (χ0n) is 20.6. The molecule has 0 amide bonds. The van der Waals surface area contributed by atoms with Crippen LogP contribution in [0.5, 0.6) is 0 Å². The summed E-state index contributed by atoms with van der Waals surface area (Å²) in [5.41, 5.74) is 10.3. The molecule has 0 fully saturated rings. The van der Waals surface area contributed by atoms with E-state index in [1.807, 2.05) is 44.2 Å². The van der Waals surface area contributed by atoms with Crippen molar-refractivity contribution in [2.24, 2.45) is 10.2 Å². The summed E-state index contributed by atoms with van der Waals surface area (Å²) in [6.45, 7) is 7.35. The molecule has 6 rings (SSSR count). The molecular formula is C31H25N5O. The number of fused-ring (bicyclic) bond motifs is 3. The van der Waals surface area contributed by atoms with Crippen LogP contribution in [-0.2, 0) is 0 Å². The van der Waals surface area contributed by atoms with Gasteiger partial charge in [0.05, 0.1) is 22.5 Å². The molecule has 6 nitrogen and oxygen atoms in total. The number of rotatable bonds is 6. The second kappa shape index (κ2) is 9.24. The fourth-order valence-electron chi connectivity index (χ4n) is 4.94. The van der Waals surface area contributed by atoms with E-state index in [4.69, 9.17) is 4.52 Å². The van der Waals surface area contributed by atoms with Crippen LogP contribution in [0.2, 0.25) is 0 Å². The maximum Gasteiger partial charge on any atom is 0.143 e. The monoisotopic (exact) mass is 483 g/mol. The van der Waals surface area contributed by atoms with Gasteiger partial charge in [-0.05, 0) is 54.4 Å². The van der Waals surface area contributed by atoms with Gasteiger partial charge in [-0.3, -0.25) is 0 Å². The summed E-state index contributed by atoms with van der Waals surface area (Å²) in [7, 11) is 0. The van der Waals surface area contributed by atoms with Crippen molar-refractivity contribution in [2.45, 2.75) is 13.8 Å². The van der Waals surface area contributed by atoms with E-state index in [2.05, 4.69) is 98.9 Å². The van der Waals surface area contributed by atoms with E-state index in [-0.39, 0.29) is 0 Å². The third-order valence-electron chi connectivity index (χ3n) is 6.69. The molecule has 0 saturated heterocycles. The van der Waals surface area contributed by atoms with Crippen LogP contribution < -0.4 is 5.53 Å². The van der Waals surface area contributed by atoms with Gasteiger partial charge in [-0.15, -0.1) is 0 Å². The highest BCUT2D eigenvalue weighted by atomic mass is 16.5. The fraction of sp³-hybridized carbons (Fsp3) is 0.0645. The van der Waals surface area contributed by atoms with Gasteiger partial charge < -0.3 is 9.09 Å². The molecule has 0 atom stereocenters. The van der Waals surface area contributed by atoms with Crippen LogP contribution in [0, 0.1) is 6.92 Å². The van der Waals surface area contributed by atoms with Crippen molar-refractivity contribution in [1.82, 2.24) is 15.3 Å². The number of hydrogen-bond acceptors (Lipinski definition) is 5. The summed E-state index contributed by atoms with van der Waals surface area (Å²) in [5, 5.41) is 16.0. The molecule has 4 aromatic carbocycles. The predicted molar refractivity (Wildman–Crippen MR) is 151 cm³/mol. The Morgan fingerprint density at radius 1 is 0.892 bits per heavy atom. The van der Waals surface area contributed by atoms with Gasteiger partial charge in [0.25, 0.3) is 0 Å². The molecule has 6 aromatic rings. The molecule has 2 heterocycles. The lowest BCUT2D eigenvalue weighted by atomic mass is 10.0. The maximum atomic E-state index is 5.78. The molecule has 0 spiro atoms. The highest BCUT2D eigenvalue weighted by Gasteiger charge is 2.23. The predicted octanol–water partition coefficient (Wildman–Crippen LogP) is 7.34. The number of hydrogen-bond donors (Lipinski definition) is 1. The number of nitrogens with zero attached hydrogens (tertiary/aromatic N) is 4. The molecule has 1 N–H and O–H groups in total. The zero-order valence-corrected chi connectivity index (χ0v) is 20.6. The minimum Gasteiger partial charge on any atom is -0.360 e. The molecule has 6 heteroatoms. The van der Waals surface area contributed by atoms with Gasteiger partial charge in [-0.2, -0.15) is 15.7 Å². The van der Waals surface area contributed by atoms with Crippen LogP contribution in [0.4, 0.5) is 0 Å². The lowest BCUT2D eigenvalue weighted by Gasteiger charge is -2.13. The second-order valence-electron chi connectivity index (χ2n) is 8.92. The van der Waals surface area contributed by atoms with E-state index in [1.165, 1.54) is 16.2 Å². The van der Waals surface area contributed by atoms with Crippen molar-refractivity contribution >= 4 is 34.1 Å². The first-order chi connectivity index (χ1) is 18.2. The van der Waals surface area contributed by atoms with Crippen LogP contribution in [0.15, 0.2) is 112 Å². The smallest absolute Gasteiger partial charge is 0.143 e. The van der Waals surface area contributed by atoms with Crippen LogP contribution in [0.3, 0.4) is 0 Å². The van der Waals surface area contributed by atoms with E-state index >= 15 is 0 Å². The lowest BCUT2D eigenvalue weighted by molar-refractivity contribution is 0.400. The third-order valence-corrected chi connectivity index (χ3v) is 6.69. The minimum atomic E-state index is 0.766. The van der Waals surface area contributed by atoms with Gasteiger partial charge in [0.1, 0.15) is 11.5 Å². The summed E-state index contributed by atoms with van der Waals surface area (Å²) in [5.74, 6) is 0.766. The Labute approximate surface area is 214 Å². The average Bonchev–Trinajstić information content (AvgIpc) is 3.52. The topological polar surface area (TPSA) is 67.7 Å². The van der Waals surface area contributed by atoms with Crippen molar-refractivity contribution in [2.75, 3.05) is 0 Å². The van der Waals surface area contributed by atoms with Crippen molar-refractivity contribution in [3.8, 4) is 28.2 Å². The quantitative estimate of drug-likeness (QED) is 0.199. The Balaban J connectivity index is 1.67. The summed E-state index contributed by atoms with van der Waals surface area (Å²) >= 11 is 0. The number of aryl methyl sites for hydroxylation is 1. The highest BCUT2D eigenvalue weighted by Crippen LogP contribution is 2.40. The summed E-state index contributed by atoms with van der Waals surface area (Å²) in [6.07, 6.45) is 0. The molecule has 0 saturated carbocycles. The normalized spacial score (nSPS) is 11.8. The Bertz CT molecular complexity index is 1790. The summed E-state index contributed by atoms with van der Waals surface area (Å²) in [4.78, 5) is 0. The number of nitrogens with one attached hydrogen (secondary N) is 1. The van der Waals surface area contributed by atoms with Gasteiger partial charge in [0.15, 0.2) is 0 Å². The molecule has 0 bridgehead atoms. The number of benzene rings is 4. The van der Waals surface area contributed by atoms with Crippen LogP contribution in [-0.4, -0.2) is 22.2 Å². The minimum absolute atomic E-state index is 0.766. The fourth-order valence-corrected chi connectivity index (χ4v) is 4.94. The molecule has 37 heavy (non-hydrogen) atoms. The third kappa shape index (κ3) is 3.89. The highest BCUT2D eigenvalue weighted by molar-refractivity contribution is 6.10. The van der Waals surface area contributed by atoms with E-state index in [0.717, 1.165) is 50.8 Å². The Morgan fingerprint density at radius 3 is 2.54 bits per heavy atom. The average molecular weight is 484 g/mol. The first-order valence-corrected chi connectivity index (χ1v) is 12.1. The van der Waals surface area contributed by atoms with Crippen molar-refractivity contribution in [3.05, 3.63) is 108 Å². The SMILES string of the molecule is C=NN/N=C(\C)c1cccc(-n2c(-c3c(-c4ccccc4)noc3C)cc3c4ccccc4ccc32)c1. The van der Waals surface area contributed by atoms with E-state index in [1.54, 1.807) is 0 Å². The van der Waals surface area contributed by atoms with Gasteiger partial charge >= 0.3 is 0 Å². The van der Waals surface area contributed by atoms with Crippen LogP contribution >= 0.6 is 0 Å². The number of aromatic nitrogens is 2. The van der Waals surface area contributed by atoms with E-state index < -0.39 is 0 Å². The molecule has 0 unspecified atom stereocenters. The Kier molecular flexibility index (Phi) is 5.62. The zero-order chi connectivity index (χ0) is 25.4. The van der Waals surface area contributed by atoms with Crippen molar-refractivity contribution < 1.29 is 4.52 Å². The first-order valence-electron chi connectivity index (χ1n) is 12.1. The van der Waals surface area contributed by atoms with Gasteiger partial charge in [-0.1, -0.05) is 78.0 Å². The largest absolute Gasteiger partial charge is 0.360 e. The standard InChI is InChI=1S/C31H25N5O/c1-20(33-35-32-3)24-13-9-14-25(18-24)36-28-17-16-22-10-7-8-15-26(22)27(28)19-29(36)30-21(2)37-34-31(30)23-11-5-4-6-12-23/h4-19,35H,3H2,1-2H3/b33-20+. The lowest BCUT2D eigenvalue weighted by Crippen LogP contribution is -2.04. The number of hydrazone groups is 2. The van der Waals surface area contributed by atoms with Crippen molar-refractivity contribution in [1.29, 1.82) is 0 Å². The molecule has 0 radical (unpaired) electrons. The molecular weight excluding hydrogens is 458 g/mol. The van der Waals surface area contributed by atoms with Gasteiger partial charge in [0.2, 0.25) is 0 Å². The molecule has 0 aliphatic rings. The van der Waals surface area contributed by atoms with E-state index in [0.29, 0.717) is 0 Å². The summed E-state index contributed by atoms with van der Waals surface area (Å²) in [6, 6.07) is 33.6. The van der Waals surface area contributed by atoms with Gasteiger partial charge in [0, 0.05) is 23.4 Å².